The van der Waals surface area contributed by atoms with Crippen LogP contribution < -0.4 is 14.8 Å². The summed E-state index contributed by atoms with van der Waals surface area (Å²) in [5.41, 5.74) is 1.45. The average molecular weight is 406 g/mol. The summed E-state index contributed by atoms with van der Waals surface area (Å²) in [5.74, 6) is 2.33. The molecule has 144 valence electrons. The lowest BCUT2D eigenvalue weighted by Gasteiger charge is -1.98. The van der Waals surface area contributed by atoms with Crippen LogP contribution in [0, 0.1) is 0 Å². The van der Waals surface area contributed by atoms with Crippen molar-refractivity contribution in [1.82, 2.24) is 4.98 Å². The van der Waals surface area contributed by atoms with Gasteiger partial charge in [0.2, 0.25) is 12.7 Å². The Morgan fingerprint density at radius 3 is 2.62 bits per heavy atom. The second-order valence-corrected chi connectivity index (χ2v) is 7.09. The summed E-state index contributed by atoms with van der Waals surface area (Å²) in [7, 11) is 0. The predicted molar refractivity (Wildman–Crippen MR) is 108 cm³/mol. The van der Waals surface area contributed by atoms with Gasteiger partial charge in [0.05, 0.1) is 12.5 Å². The minimum atomic E-state index is -0.298. The van der Waals surface area contributed by atoms with Crippen LogP contribution in [0.25, 0.3) is 28.2 Å². The highest BCUT2D eigenvalue weighted by Gasteiger charge is 2.19. The van der Waals surface area contributed by atoms with Crippen LogP contribution >= 0.6 is 11.3 Å². The van der Waals surface area contributed by atoms with E-state index in [1.807, 2.05) is 30.3 Å². The number of nitrogens with zero attached hydrogens (tertiary/aromatic N) is 1. The van der Waals surface area contributed by atoms with E-state index in [0.717, 1.165) is 10.4 Å². The number of hydrogen-bond acceptors (Lipinski definition) is 7. The van der Waals surface area contributed by atoms with E-state index in [1.54, 1.807) is 30.7 Å². The van der Waals surface area contributed by atoms with Gasteiger partial charge in [0.15, 0.2) is 22.4 Å². The number of ether oxygens (including phenoxy) is 2. The zero-order valence-corrected chi connectivity index (χ0v) is 15.8. The second-order valence-electron chi connectivity index (χ2n) is 6.09. The van der Waals surface area contributed by atoms with Crippen LogP contribution in [0.3, 0.4) is 0 Å². The van der Waals surface area contributed by atoms with Gasteiger partial charge in [0.1, 0.15) is 16.3 Å². The van der Waals surface area contributed by atoms with Crippen molar-refractivity contribution in [3.05, 3.63) is 66.6 Å². The van der Waals surface area contributed by atoms with Crippen LogP contribution in [-0.4, -0.2) is 17.7 Å². The van der Waals surface area contributed by atoms with Gasteiger partial charge in [0, 0.05) is 6.08 Å². The Morgan fingerprint density at radius 1 is 1.03 bits per heavy atom. The van der Waals surface area contributed by atoms with Gasteiger partial charge < -0.3 is 18.3 Å². The number of benzene rings is 1. The van der Waals surface area contributed by atoms with E-state index in [1.165, 1.54) is 17.4 Å². The zero-order chi connectivity index (χ0) is 19.6. The van der Waals surface area contributed by atoms with Crippen LogP contribution in [-0.2, 0) is 4.79 Å². The topological polar surface area (TPSA) is 86.7 Å². The van der Waals surface area contributed by atoms with Crippen LogP contribution in [0.15, 0.2) is 69.9 Å². The van der Waals surface area contributed by atoms with Gasteiger partial charge in [-0.1, -0.05) is 17.4 Å². The first kappa shape index (κ1) is 17.3. The molecule has 0 fully saturated rings. The number of fused-ring (bicyclic) bond motifs is 1. The van der Waals surface area contributed by atoms with E-state index in [2.05, 4.69) is 10.3 Å². The largest absolute Gasteiger partial charge is 0.463 e. The number of hydrogen-bond donors (Lipinski definition) is 1. The molecule has 1 aliphatic rings. The molecule has 29 heavy (non-hydrogen) atoms. The maximum Gasteiger partial charge on any atom is 0.250 e. The molecule has 7 nitrogen and oxygen atoms in total. The maximum atomic E-state index is 12.4. The normalized spacial score (nSPS) is 12.6. The van der Waals surface area contributed by atoms with E-state index in [4.69, 9.17) is 18.3 Å². The third kappa shape index (κ3) is 3.53. The van der Waals surface area contributed by atoms with Gasteiger partial charge in [0.25, 0.3) is 0 Å². The van der Waals surface area contributed by atoms with Crippen molar-refractivity contribution in [2.24, 2.45) is 0 Å². The fourth-order valence-electron chi connectivity index (χ4n) is 2.86. The summed E-state index contributed by atoms with van der Waals surface area (Å²) in [5, 5.41) is 3.24. The summed E-state index contributed by atoms with van der Waals surface area (Å²) in [6, 6.07) is 12.7. The predicted octanol–water partition coefficient (Wildman–Crippen LogP) is 5.04. The number of anilines is 1. The van der Waals surface area contributed by atoms with E-state index in [0.29, 0.717) is 33.8 Å². The number of nitrogens with one attached hydrogen (secondary N) is 1. The van der Waals surface area contributed by atoms with Crippen molar-refractivity contribution in [3.8, 4) is 33.6 Å². The number of aromatic nitrogens is 1. The van der Waals surface area contributed by atoms with Crippen molar-refractivity contribution in [3.63, 3.8) is 0 Å². The van der Waals surface area contributed by atoms with Gasteiger partial charge >= 0.3 is 0 Å². The SMILES string of the molecule is O=C(/C=C/c1ccc2c(c1)OCO2)Nc1nc(-c2ccco2)c(-c2ccco2)s1. The van der Waals surface area contributed by atoms with Crippen LogP contribution in [0.5, 0.6) is 11.5 Å². The minimum Gasteiger partial charge on any atom is -0.463 e. The Bertz CT molecular complexity index is 1120. The highest BCUT2D eigenvalue weighted by Crippen LogP contribution is 2.39. The van der Waals surface area contributed by atoms with Gasteiger partial charge in [-0.3, -0.25) is 10.1 Å². The zero-order valence-electron chi connectivity index (χ0n) is 15.0. The summed E-state index contributed by atoms with van der Waals surface area (Å²) in [6.45, 7) is 0.211. The van der Waals surface area contributed by atoms with E-state index >= 15 is 0 Å². The minimum absolute atomic E-state index is 0.211. The lowest BCUT2D eigenvalue weighted by molar-refractivity contribution is -0.111. The lowest BCUT2D eigenvalue weighted by Crippen LogP contribution is -2.07. The number of thiazole rings is 1. The van der Waals surface area contributed by atoms with Gasteiger partial charge in [-0.25, -0.2) is 4.98 Å². The third-order valence-electron chi connectivity index (χ3n) is 4.18. The molecule has 0 saturated heterocycles. The lowest BCUT2D eigenvalue weighted by atomic mass is 10.2. The quantitative estimate of drug-likeness (QED) is 0.467. The first-order valence-corrected chi connectivity index (χ1v) is 9.55. The highest BCUT2D eigenvalue weighted by atomic mass is 32.1. The summed E-state index contributed by atoms with van der Waals surface area (Å²) in [6.07, 6.45) is 6.31. The Labute approximate surface area is 169 Å². The molecule has 0 spiro atoms. The van der Waals surface area contributed by atoms with Gasteiger partial charge in [-0.15, -0.1) is 0 Å². The number of carbonyl (C=O) groups is 1. The molecule has 3 aromatic heterocycles. The van der Waals surface area contributed by atoms with Crippen LogP contribution in [0.1, 0.15) is 5.56 Å². The molecular formula is C21H14N2O5S. The summed E-state index contributed by atoms with van der Waals surface area (Å²) in [4.78, 5) is 17.7. The Balaban J connectivity index is 1.36. The first-order chi connectivity index (χ1) is 14.3. The smallest absolute Gasteiger partial charge is 0.250 e. The van der Waals surface area contributed by atoms with Gasteiger partial charge in [-0.2, -0.15) is 0 Å². The third-order valence-corrected chi connectivity index (χ3v) is 5.17. The summed E-state index contributed by atoms with van der Waals surface area (Å²) >= 11 is 1.31. The van der Waals surface area contributed by atoms with Crippen molar-refractivity contribution in [2.45, 2.75) is 0 Å². The van der Waals surface area contributed by atoms with Crippen LogP contribution in [0.4, 0.5) is 5.13 Å². The Kier molecular flexibility index (Phi) is 4.38. The van der Waals surface area contributed by atoms with Gasteiger partial charge in [-0.05, 0) is 48.0 Å². The monoisotopic (exact) mass is 406 g/mol. The molecule has 1 N–H and O–H groups in total. The molecule has 0 unspecified atom stereocenters. The molecule has 0 bridgehead atoms. The molecule has 0 atom stereocenters. The molecule has 1 amide bonds. The average Bonchev–Trinajstić information content (AvgIpc) is 3.52. The standard InChI is InChI=1S/C21H14N2O5S/c24-18(8-6-13-5-7-14-17(11-13)28-12-27-14)22-21-23-19(15-3-1-9-25-15)20(29-21)16-4-2-10-26-16/h1-11H,12H2,(H,22,23,24)/b8-6+. The number of rotatable bonds is 5. The van der Waals surface area contributed by atoms with E-state index < -0.39 is 0 Å². The number of furan rings is 2. The molecule has 4 heterocycles. The van der Waals surface area contributed by atoms with Crippen molar-refractivity contribution < 1.29 is 23.1 Å². The molecule has 0 radical (unpaired) electrons. The van der Waals surface area contributed by atoms with Crippen molar-refractivity contribution >= 4 is 28.5 Å². The second kappa shape index (κ2) is 7.33. The molecule has 0 aliphatic carbocycles. The summed E-state index contributed by atoms with van der Waals surface area (Å²) < 4.78 is 21.6. The molecule has 0 saturated carbocycles. The van der Waals surface area contributed by atoms with Crippen molar-refractivity contribution in [2.75, 3.05) is 12.1 Å². The fraction of sp³-hybridized carbons (Fsp3) is 0.0476. The fourth-order valence-corrected chi connectivity index (χ4v) is 3.81. The van der Waals surface area contributed by atoms with Crippen LogP contribution in [0.2, 0.25) is 0 Å². The molecule has 1 aliphatic heterocycles. The van der Waals surface area contributed by atoms with E-state index in [9.17, 15) is 4.79 Å². The molecule has 8 heteroatoms. The number of carbonyl (C=O) groups excluding carboxylic acids is 1. The van der Waals surface area contributed by atoms with E-state index in [-0.39, 0.29) is 12.7 Å². The molecular weight excluding hydrogens is 392 g/mol. The molecule has 4 aromatic rings. The van der Waals surface area contributed by atoms with Crippen molar-refractivity contribution in [1.29, 1.82) is 0 Å². The molecule has 5 rings (SSSR count). The first-order valence-electron chi connectivity index (χ1n) is 8.73. The Hall–Kier alpha value is -3.78. The number of amides is 1. The Morgan fingerprint density at radius 2 is 1.83 bits per heavy atom. The maximum absolute atomic E-state index is 12.4. The highest BCUT2D eigenvalue weighted by molar-refractivity contribution is 7.19. The molecule has 1 aromatic carbocycles.